The summed E-state index contributed by atoms with van der Waals surface area (Å²) in [7, 11) is 0. The fraction of sp³-hybridized carbons (Fsp3) is 0.348. The summed E-state index contributed by atoms with van der Waals surface area (Å²) in [5.74, 6) is 0.611. The van der Waals surface area contributed by atoms with E-state index >= 15 is 0 Å². The summed E-state index contributed by atoms with van der Waals surface area (Å²) in [5.41, 5.74) is 2.52. The average molecular weight is 422 g/mol. The smallest absolute Gasteiger partial charge is 0.315 e. The number of carbonyl (C=O) groups excluding carboxylic acids is 1. The van der Waals surface area contributed by atoms with Crippen molar-refractivity contribution < 1.29 is 19.2 Å². The Hall–Kier alpha value is -3.23. The zero-order valence-corrected chi connectivity index (χ0v) is 17.1. The molecule has 3 aromatic rings. The number of rotatable bonds is 7. The highest BCUT2D eigenvalue weighted by atomic mass is 16.5. The molecule has 0 spiro atoms. The van der Waals surface area contributed by atoms with E-state index in [1.807, 2.05) is 54.6 Å². The summed E-state index contributed by atoms with van der Waals surface area (Å²) >= 11 is 0. The van der Waals surface area contributed by atoms with Gasteiger partial charge in [-0.2, -0.15) is 0 Å². The maximum atomic E-state index is 12.1. The van der Waals surface area contributed by atoms with E-state index in [-0.39, 0.29) is 18.7 Å². The fourth-order valence-electron chi connectivity index (χ4n) is 3.59. The zero-order valence-electron chi connectivity index (χ0n) is 17.1. The quantitative estimate of drug-likeness (QED) is 0.540. The summed E-state index contributed by atoms with van der Waals surface area (Å²) < 4.78 is 11.4. The lowest BCUT2D eigenvalue weighted by Gasteiger charge is -2.33. The number of hydrogen-bond donors (Lipinski definition) is 3. The minimum Gasteiger partial charge on any atom is -0.390 e. The van der Waals surface area contributed by atoms with Gasteiger partial charge in [0.1, 0.15) is 11.8 Å². The van der Waals surface area contributed by atoms with Crippen LogP contribution in [0.4, 0.5) is 4.79 Å². The van der Waals surface area contributed by atoms with Crippen molar-refractivity contribution in [1.82, 2.24) is 20.8 Å². The number of amides is 2. The third kappa shape index (κ3) is 5.90. The minimum absolute atomic E-state index is 0.107. The number of nitrogens with one attached hydrogen (secondary N) is 2. The molecule has 4 rings (SSSR count). The second-order valence-electron chi connectivity index (χ2n) is 7.59. The summed E-state index contributed by atoms with van der Waals surface area (Å²) in [6.45, 7) is 0.671. The van der Waals surface area contributed by atoms with Crippen molar-refractivity contribution in [2.75, 3.05) is 6.54 Å². The molecule has 2 amide bonds. The molecule has 0 unspecified atom stereocenters. The molecular formula is C23H26N4O4. The Bertz CT molecular complexity index is 964. The number of benzene rings is 1. The van der Waals surface area contributed by atoms with Gasteiger partial charge in [-0.1, -0.05) is 41.6 Å². The van der Waals surface area contributed by atoms with Crippen molar-refractivity contribution in [2.24, 2.45) is 0 Å². The largest absolute Gasteiger partial charge is 0.390 e. The van der Waals surface area contributed by atoms with Crippen LogP contribution in [0.3, 0.4) is 0 Å². The molecule has 8 nitrogen and oxygen atoms in total. The molecule has 3 heterocycles. The van der Waals surface area contributed by atoms with Crippen molar-refractivity contribution in [3.8, 4) is 11.5 Å². The summed E-state index contributed by atoms with van der Waals surface area (Å²) in [6, 6.07) is 16.8. The fourth-order valence-corrected chi connectivity index (χ4v) is 3.59. The SMILES string of the molecule is O=C(NCc1ccccc1)NC[C@H]1O[C@H](Cc2cc(-c3ccccn3)on2)CC[C@@H]1O. The topological polar surface area (TPSA) is 110 Å². The molecule has 1 saturated heterocycles. The van der Waals surface area contributed by atoms with Crippen LogP contribution in [0.5, 0.6) is 0 Å². The van der Waals surface area contributed by atoms with Gasteiger partial charge in [0.25, 0.3) is 0 Å². The normalized spacial score (nSPS) is 20.9. The van der Waals surface area contributed by atoms with Gasteiger partial charge in [0, 0.05) is 31.8 Å². The van der Waals surface area contributed by atoms with E-state index in [0.717, 1.165) is 17.0 Å². The van der Waals surface area contributed by atoms with Crippen LogP contribution in [0.15, 0.2) is 65.3 Å². The lowest BCUT2D eigenvalue weighted by atomic mass is 9.98. The first kappa shape index (κ1) is 21.0. The minimum atomic E-state index is -0.618. The van der Waals surface area contributed by atoms with Gasteiger partial charge < -0.3 is 25.0 Å². The molecule has 1 aliphatic heterocycles. The number of aromatic nitrogens is 2. The summed E-state index contributed by atoms with van der Waals surface area (Å²) in [4.78, 5) is 16.4. The zero-order chi connectivity index (χ0) is 21.5. The molecular weight excluding hydrogens is 396 g/mol. The van der Waals surface area contributed by atoms with Crippen molar-refractivity contribution >= 4 is 6.03 Å². The van der Waals surface area contributed by atoms with E-state index in [1.165, 1.54) is 0 Å². The second kappa shape index (κ2) is 10.2. The number of pyridine rings is 1. The van der Waals surface area contributed by atoms with Crippen molar-refractivity contribution in [2.45, 2.75) is 44.1 Å². The van der Waals surface area contributed by atoms with Crippen LogP contribution in [0.25, 0.3) is 11.5 Å². The second-order valence-corrected chi connectivity index (χ2v) is 7.59. The van der Waals surface area contributed by atoms with Crippen molar-refractivity contribution in [1.29, 1.82) is 0 Å². The number of nitrogens with zero attached hydrogens (tertiary/aromatic N) is 2. The van der Waals surface area contributed by atoms with Gasteiger partial charge in [-0.05, 0) is 30.5 Å². The highest BCUT2D eigenvalue weighted by molar-refractivity contribution is 5.73. The molecule has 8 heteroatoms. The number of urea groups is 1. The number of hydrogen-bond acceptors (Lipinski definition) is 6. The van der Waals surface area contributed by atoms with Crippen LogP contribution in [-0.2, 0) is 17.7 Å². The van der Waals surface area contributed by atoms with E-state index in [2.05, 4.69) is 20.8 Å². The Morgan fingerprint density at radius 1 is 1.10 bits per heavy atom. The van der Waals surface area contributed by atoms with Gasteiger partial charge in [-0.25, -0.2) is 4.79 Å². The number of aliphatic hydroxyl groups is 1. The van der Waals surface area contributed by atoms with Crippen LogP contribution in [0.2, 0.25) is 0 Å². The van der Waals surface area contributed by atoms with Gasteiger partial charge in [-0.15, -0.1) is 0 Å². The Kier molecular flexibility index (Phi) is 6.91. The molecule has 31 heavy (non-hydrogen) atoms. The monoisotopic (exact) mass is 422 g/mol. The molecule has 0 saturated carbocycles. The van der Waals surface area contributed by atoms with Gasteiger partial charge >= 0.3 is 6.03 Å². The Labute approximate surface area is 180 Å². The van der Waals surface area contributed by atoms with Crippen molar-refractivity contribution in [3.05, 3.63) is 72.1 Å². The van der Waals surface area contributed by atoms with Gasteiger partial charge in [0.15, 0.2) is 5.76 Å². The maximum absolute atomic E-state index is 12.1. The third-order valence-electron chi connectivity index (χ3n) is 5.25. The van der Waals surface area contributed by atoms with Crippen LogP contribution >= 0.6 is 0 Å². The average Bonchev–Trinajstić information content (AvgIpc) is 3.28. The number of carbonyl (C=O) groups is 1. The first-order chi connectivity index (χ1) is 15.2. The number of ether oxygens (including phenoxy) is 1. The Morgan fingerprint density at radius 3 is 2.74 bits per heavy atom. The van der Waals surface area contributed by atoms with Crippen LogP contribution in [0, 0.1) is 0 Å². The first-order valence-electron chi connectivity index (χ1n) is 10.4. The molecule has 0 radical (unpaired) electrons. The molecule has 3 N–H and O–H groups in total. The molecule has 0 aliphatic carbocycles. The van der Waals surface area contributed by atoms with E-state index in [4.69, 9.17) is 9.26 Å². The standard InChI is InChI=1S/C23H26N4O4/c28-20-10-9-18(12-17-13-21(31-27-17)19-8-4-5-11-24-19)30-22(20)15-26-23(29)25-14-16-6-2-1-3-7-16/h1-8,11,13,18,20,22,28H,9-10,12,14-15H2,(H2,25,26,29)/t18-,20-,22+/m0/s1. The lowest BCUT2D eigenvalue weighted by molar-refractivity contribution is -0.113. The number of aliphatic hydroxyl groups excluding tert-OH is 1. The predicted octanol–water partition coefficient (Wildman–Crippen LogP) is 2.69. The first-order valence-corrected chi connectivity index (χ1v) is 10.4. The van der Waals surface area contributed by atoms with Crippen LogP contribution in [-0.4, -0.2) is 46.1 Å². The predicted molar refractivity (Wildman–Crippen MR) is 114 cm³/mol. The van der Waals surface area contributed by atoms with Gasteiger partial charge in [0.2, 0.25) is 0 Å². The van der Waals surface area contributed by atoms with Crippen molar-refractivity contribution in [3.63, 3.8) is 0 Å². The molecule has 3 atom stereocenters. The molecule has 162 valence electrons. The molecule has 2 aromatic heterocycles. The molecule has 0 bridgehead atoms. The summed E-state index contributed by atoms with van der Waals surface area (Å²) in [6.07, 6.45) is 2.40. The van der Waals surface area contributed by atoms with Crippen LogP contribution < -0.4 is 10.6 Å². The lowest BCUT2D eigenvalue weighted by Crippen LogP contribution is -2.48. The molecule has 1 fully saturated rings. The van der Waals surface area contributed by atoms with Gasteiger partial charge in [0.05, 0.1) is 17.9 Å². The van der Waals surface area contributed by atoms with E-state index in [0.29, 0.717) is 31.6 Å². The van der Waals surface area contributed by atoms with E-state index in [1.54, 1.807) is 6.20 Å². The Morgan fingerprint density at radius 2 is 1.94 bits per heavy atom. The van der Waals surface area contributed by atoms with Gasteiger partial charge in [-0.3, -0.25) is 4.98 Å². The highest BCUT2D eigenvalue weighted by Crippen LogP contribution is 2.24. The highest BCUT2D eigenvalue weighted by Gasteiger charge is 2.30. The Balaban J connectivity index is 1.25. The van der Waals surface area contributed by atoms with E-state index in [9.17, 15) is 9.90 Å². The van der Waals surface area contributed by atoms with Crippen LogP contribution in [0.1, 0.15) is 24.1 Å². The summed E-state index contributed by atoms with van der Waals surface area (Å²) in [5, 5.41) is 20.0. The van der Waals surface area contributed by atoms with E-state index < -0.39 is 12.2 Å². The third-order valence-corrected chi connectivity index (χ3v) is 5.25. The maximum Gasteiger partial charge on any atom is 0.315 e. The molecule has 1 aromatic carbocycles. The molecule has 1 aliphatic rings.